The molecular weight excluding hydrogens is 334 g/mol. The highest BCUT2D eigenvalue weighted by Crippen LogP contribution is 2.31. The smallest absolute Gasteiger partial charge is 0.205 e. The van der Waals surface area contributed by atoms with Crippen LogP contribution in [0.15, 0.2) is 40.9 Å². The van der Waals surface area contributed by atoms with Crippen LogP contribution in [0.2, 0.25) is 0 Å². The van der Waals surface area contributed by atoms with Crippen molar-refractivity contribution >= 4 is 32.9 Å². The van der Waals surface area contributed by atoms with Crippen molar-refractivity contribution in [2.24, 2.45) is 0 Å². The lowest BCUT2D eigenvalue weighted by Gasteiger charge is -2.10. The van der Waals surface area contributed by atoms with Gasteiger partial charge in [-0.2, -0.15) is 0 Å². The zero-order valence-electron chi connectivity index (χ0n) is 11.6. The monoisotopic (exact) mass is 347 g/mol. The van der Waals surface area contributed by atoms with Gasteiger partial charge in [-0.25, -0.2) is 4.98 Å². The minimum atomic E-state index is 0.419. The number of halogens is 1. The summed E-state index contributed by atoms with van der Waals surface area (Å²) in [5.74, 6) is 1.91. The molecule has 21 heavy (non-hydrogen) atoms. The van der Waals surface area contributed by atoms with Crippen LogP contribution in [0.25, 0.3) is 16.7 Å². The summed E-state index contributed by atoms with van der Waals surface area (Å²) in [6.45, 7) is 0. The molecule has 0 aliphatic carbocycles. The summed E-state index contributed by atoms with van der Waals surface area (Å²) in [6.07, 6.45) is 0. The summed E-state index contributed by atoms with van der Waals surface area (Å²) in [7, 11) is 3.26. The Hall–Kier alpha value is -2.21. The van der Waals surface area contributed by atoms with Gasteiger partial charge in [0, 0.05) is 12.1 Å². The first-order chi connectivity index (χ1) is 10.1. The average molecular weight is 348 g/mol. The number of nitrogens with two attached hydrogens (primary N) is 1. The Morgan fingerprint density at radius 2 is 1.90 bits per heavy atom. The highest BCUT2D eigenvalue weighted by Gasteiger charge is 2.12. The first-order valence-electron chi connectivity index (χ1n) is 6.30. The molecule has 0 unspecified atom stereocenters. The number of imidazole rings is 1. The maximum atomic E-state index is 6.06. The molecule has 5 nitrogen and oxygen atoms in total. The predicted octanol–water partition coefficient (Wildman–Crippen LogP) is 3.39. The van der Waals surface area contributed by atoms with Crippen LogP contribution in [0.1, 0.15) is 0 Å². The molecule has 1 heterocycles. The first-order valence-corrected chi connectivity index (χ1v) is 7.09. The van der Waals surface area contributed by atoms with Gasteiger partial charge in [0.05, 0.1) is 35.4 Å². The number of ether oxygens (including phenoxy) is 2. The number of benzene rings is 2. The standard InChI is InChI=1S/C15H14BrN3O2/c1-20-10-4-6-13-12(8-10)18-15(17)19(13)9-3-5-11(16)14(7-9)21-2/h3-8H,1-2H3,(H2,17,18). The summed E-state index contributed by atoms with van der Waals surface area (Å²) in [5.41, 5.74) is 8.65. The molecule has 1 aromatic heterocycles. The van der Waals surface area contributed by atoms with Crippen LogP contribution in [0.5, 0.6) is 11.5 Å². The van der Waals surface area contributed by atoms with E-state index in [0.717, 1.165) is 32.7 Å². The average Bonchev–Trinajstić information content (AvgIpc) is 2.82. The zero-order valence-corrected chi connectivity index (χ0v) is 13.2. The third-order valence-electron chi connectivity index (χ3n) is 3.28. The highest BCUT2D eigenvalue weighted by atomic mass is 79.9. The number of aromatic nitrogens is 2. The van der Waals surface area contributed by atoms with Crippen molar-refractivity contribution in [2.75, 3.05) is 20.0 Å². The maximum Gasteiger partial charge on any atom is 0.205 e. The molecule has 0 saturated carbocycles. The number of nitrogen functional groups attached to an aromatic ring is 1. The van der Waals surface area contributed by atoms with Crippen LogP contribution < -0.4 is 15.2 Å². The van der Waals surface area contributed by atoms with E-state index in [0.29, 0.717) is 5.95 Å². The molecule has 2 aromatic carbocycles. The Labute approximate surface area is 130 Å². The predicted molar refractivity (Wildman–Crippen MR) is 86.3 cm³/mol. The van der Waals surface area contributed by atoms with Crippen molar-refractivity contribution < 1.29 is 9.47 Å². The molecule has 0 bridgehead atoms. The largest absolute Gasteiger partial charge is 0.497 e. The quantitative estimate of drug-likeness (QED) is 0.788. The summed E-state index contributed by atoms with van der Waals surface area (Å²) < 4.78 is 13.3. The minimum absolute atomic E-state index is 0.419. The normalized spacial score (nSPS) is 10.8. The van der Waals surface area contributed by atoms with E-state index in [-0.39, 0.29) is 0 Å². The zero-order chi connectivity index (χ0) is 15.0. The maximum absolute atomic E-state index is 6.06. The molecule has 0 aliphatic heterocycles. The van der Waals surface area contributed by atoms with Crippen LogP contribution in [-0.2, 0) is 0 Å². The highest BCUT2D eigenvalue weighted by molar-refractivity contribution is 9.10. The molecule has 0 saturated heterocycles. The van der Waals surface area contributed by atoms with Crippen LogP contribution in [0.4, 0.5) is 5.95 Å². The summed E-state index contributed by atoms with van der Waals surface area (Å²) in [5, 5.41) is 0. The van der Waals surface area contributed by atoms with E-state index in [4.69, 9.17) is 15.2 Å². The molecule has 108 valence electrons. The van der Waals surface area contributed by atoms with Gasteiger partial charge in [0.1, 0.15) is 11.5 Å². The van der Waals surface area contributed by atoms with E-state index >= 15 is 0 Å². The second-order valence-corrected chi connectivity index (χ2v) is 5.33. The number of rotatable bonds is 3. The van der Waals surface area contributed by atoms with Crippen LogP contribution >= 0.6 is 15.9 Å². The molecule has 0 atom stereocenters. The van der Waals surface area contributed by atoms with Gasteiger partial charge < -0.3 is 15.2 Å². The van der Waals surface area contributed by atoms with Crippen molar-refractivity contribution in [1.29, 1.82) is 0 Å². The van der Waals surface area contributed by atoms with E-state index in [9.17, 15) is 0 Å². The molecule has 0 amide bonds. The first kappa shape index (κ1) is 13.8. The van der Waals surface area contributed by atoms with E-state index in [1.165, 1.54) is 0 Å². The van der Waals surface area contributed by atoms with E-state index in [1.807, 2.05) is 41.0 Å². The SMILES string of the molecule is COc1ccc2c(c1)nc(N)n2-c1ccc(Br)c(OC)c1. The van der Waals surface area contributed by atoms with Crippen LogP contribution in [-0.4, -0.2) is 23.8 Å². The van der Waals surface area contributed by atoms with E-state index in [1.54, 1.807) is 14.2 Å². The Kier molecular flexibility index (Phi) is 3.47. The van der Waals surface area contributed by atoms with Gasteiger partial charge in [0.25, 0.3) is 0 Å². The van der Waals surface area contributed by atoms with Crippen molar-refractivity contribution in [3.05, 3.63) is 40.9 Å². The fourth-order valence-corrected chi connectivity index (χ4v) is 2.67. The van der Waals surface area contributed by atoms with Crippen molar-refractivity contribution in [1.82, 2.24) is 9.55 Å². The van der Waals surface area contributed by atoms with Gasteiger partial charge in [-0.3, -0.25) is 4.57 Å². The number of methoxy groups -OCH3 is 2. The Morgan fingerprint density at radius 3 is 2.62 bits per heavy atom. The van der Waals surface area contributed by atoms with Gasteiger partial charge in [-0.05, 0) is 40.2 Å². The molecule has 0 fully saturated rings. The lowest BCUT2D eigenvalue weighted by molar-refractivity contribution is 0.412. The van der Waals surface area contributed by atoms with E-state index in [2.05, 4.69) is 20.9 Å². The third-order valence-corrected chi connectivity index (χ3v) is 3.94. The number of anilines is 1. The Bertz CT molecular complexity index is 814. The molecule has 0 spiro atoms. The molecule has 2 N–H and O–H groups in total. The lowest BCUT2D eigenvalue weighted by atomic mass is 10.2. The molecular formula is C15H14BrN3O2. The second-order valence-electron chi connectivity index (χ2n) is 4.48. The third kappa shape index (κ3) is 2.31. The topological polar surface area (TPSA) is 62.3 Å². The number of nitrogens with zero attached hydrogens (tertiary/aromatic N) is 2. The molecule has 6 heteroatoms. The summed E-state index contributed by atoms with van der Waals surface area (Å²) in [4.78, 5) is 4.38. The van der Waals surface area contributed by atoms with Crippen molar-refractivity contribution in [3.8, 4) is 17.2 Å². The summed E-state index contributed by atoms with van der Waals surface area (Å²) in [6, 6.07) is 11.5. The van der Waals surface area contributed by atoms with Gasteiger partial charge in [0.2, 0.25) is 5.95 Å². The Balaban J connectivity index is 2.22. The van der Waals surface area contributed by atoms with Crippen molar-refractivity contribution in [3.63, 3.8) is 0 Å². The summed E-state index contributed by atoms with van der Waals surface area (Å²) >= 11 is 3.44. The van der Waals surface area contributed by atoms with Gasteiger partial charge >= 0.3 is 0 Å². The fourth-order valence-electron chi connectivity index (χ4n) is 2.26. The molecule has 0 aliphatic rings. The molecule has 0 radical (unpaired) electrons. The van der Waals surface area contributed by atoms with Crippen LogP contribution in [0.3, 0.4) is 0 Å². The van der Waals surface area contributed by atoms with Crippen molar-refractivity contribution in [2.45, 2.75) is 0 Å². The number of hydrogen-bond acceptors (Lipinski definition) is 4. The lowest BCUT2D eigenvalue weighted by Crippen LogP contribution is -2.01. The van der Waals surface area contributed by atoms with E-state index < -0.39 is 0 Å². The fraction of sp³-hybridized carbons (Fsp3) is 0.133. The van der Waals surface area contributed by atoms with Gasteiger partial charge in [-0.1, -0.05) is 0 Å². The number of fused-ring (bicyclic) bond motifs is 1. The molecule has 3 rings (SSSR count). The second kappa shape index (κ2) is 5.29. The number of hydrogen-bond donors (Lipinski definition) is 1. The van der Waals surface area contributed by atoms with Gasteiger partial charge in [0.15, 0.2) is 0 Å². The van der Waals surface area contributed by atoms with Crippen LogP contribution in [0, 0.1) is 0 Å². The minimum Gasteiger partial charge on any atom is -0.497 e. The molecule has 3 aromatic rings. The van der Waals surface area contributed by atoms with Gasteiger partial charge in [-0.15, -0.1) is 0 Å². The Morgan fingerprint density at radius 1 is 1.10 bits per heavy atom.